The van der Waals surface area contributed by atoms with Gasteiger partial charge in [-0.05, 0) is 18.2 Å². The molecule has 7 heteroatoms. The first kappa shape index (κ1) is 12.3. The van der Waals surface area contributed by atoms with E-state index < -0.39 is 24.4 Å². The summed E-state index contributed by atoms with van der Waals surface area (Å²) in [7, 11) is 0. The van der Waals surface area contributed by atoms with Gasteiger partial charge in [0, 0.05) is 5.02 Å². The van der Waals surface area contributed by atoms with E-state index in [0.717, 1.165) is 6.07 Å². The lowest BCUT2D eigenvalue weighted by Gasteiger charge is -2.06. The van der Waals surface area contributed by atoms with Crippen LogP contribution in [0.5, 0.6) is 0 Å². The SMILES string of the molecule is O=C(O)CNC(=O)Nc1cc(Cl)ccc1F. The Labute approximate surface area is 95.2 Å². The summed E-state index contributed by atoms with van der Waals surface area (Å²) in [5.74, 6) is -1.85. The third-order valence-electron chi connectivity index (χ3n) is 1.58. The molecule has 0 aromatic heterocycles. The third-order valence-corrected chi connectivity index (χ3v) is 1.81. The third kappa shape index (κ3) is 3.74. The normalized spacial score (nSPS) is 9.62. The van der Waals surface area contributed by atoms with Crippen molar-refractivity contribution < 1.29 is 19.1 Å². The average Bonchev–Trinajstić information content (AvgIpc) is 2.20. The van der Waals surface area contributed by atoms with Crippen LogP contribution in [0.2, 0.25) is 5.02 Å². The lowest BCUT2D eigenvalue weighted by molar-refractivity contribution is -0.135. The lowest BCUT2D eigenvalue weighted by Crippen LogP contribution is -2.33. The molecule has 1 rings (SSSR count). The number of halogens is 2. The monoisotopic (exact) mass is 246 g/mol. The second-order valence-electron chi connectivity index (χ2n) is 2.83. The molecule has 0 radical (unpaired) electrons. The highest BCUT2D eigenvalue weighted by molar-refractivity contribution is 6.30. The van der Waals surface area contributed by atoms with Gasteiger partial charge in [0.15, 0.2) is 0 Å². The maximum absolute atomic E-state index is 13.1. The summed E-state index contributed by atoms with van der Waals surface area (Å²) in [6, 6.07) is 2.83. The van der Waals surface area contributed by atoms with Gasteiger partial charge in [-0.3, -0.25) is 4.79 Å². The molecule has 0 fully saturated rings. The number of anilines is 1. The summed E-state index contributed by atoms with van der Waals surface area (Å²) in [6.45, 7) is -0.548. The van der Waals surface area contributed by atoms with Crippen molar-refractivity contribution in [1.82, 2.24) is 5.32 Å². The minimum absolute atomic E-state index is 0.115. The first-order valence-corrected chi connectivity index (χ1v) is 4.58. The van der Waals surface area contributed by atoms with Gasteiger partial charge in [-0.25, -0.2) is 9.18 Å². The number of urea groups is 1. The molecule has 0 spiro atoms. The smallest absolute Gasteiger partial charge is 0.323 e. The van der Waals surface area contributed by atoms with Crippen molar-refractivity contribution in [1.29, 1.82) is 0 Å². The summed E-state index contributed by atoms with van der Waals surface area (Å²) in [4.78, 5) is 21.2. The molecule has 0 bridgehead atoms. The van der Waals surface area contributed by atoms with Crippen molar-refractivity contribution in [3.05, 3.63) is 29.0 Å². The molecule has 0 heterocycles. The van der Waals surface area contributed by atoms with Crippen molar-refractivity contribution in [2.45, 2.75) is 0 Å². The molecule has 0 saturated carbocycles. The van der Waals surface area contributed by atoms with Gasteiger partial charge < -0.3 is 15.7 Å². The van der Waals surface area contributed by atoms with Crippen molar-refractivity contribution in [3.8, 4) is 0 Å². The second-order valence-corrected chi connectivity index (χ2v) is 3.26. The molecule has 1 aromatic carbocycles. The zero-order valence-electron chi connectivity index (χ0n) is 7.96. The number of hydrogen-bond donors (Lipinski definition) is 3. The van der Waals surface area contributed by atoms with Gasteiger partial charge in [0.2, 0.25) is 0 Å². The van der Waals surface area contributed by atoms with E-state index in [1.807, 2.05) is 5.32 Å². The van der Waals surface area contributed by atoms with E-state index in [9.17, 15) is 14.0 Å². The van der Waals surface area contributed by atoms with Crippen molar-refractivity contribution in [2.75, 3.05) is 11.9 Å². The van der Waals surface area contributed by atoms with Crippen molar-refractivity contribution >= 4 is 29.3 Å². The summed E-state index contributed by atoms with van der Waals surface area (Å²) < 4.78 is 13.1. The van der Waals surface area contributed by atoms with Crippen LogP contribution in [0.4, 0.5) is 14.9 Å². The maximum atomic E-state index is 13.1. The Kier molecular flexibility index (Phi) is 4.07. The molecular formula is C9H8ClFN2O3. The maximum Gasteiger partial charge on any atom is 0.323 e. The highest BCUT2D eigenvalue weighted by Crippen LogP contribution is 2.19. The number of amides is 2. The van der Waals surface area contributed by atoms with Gasteiger partial charge >= 0.3 is 12.0 Å². The Morgan fingerprint density at radius 1 is 1.44 bits per heavy atom. The number of carboxylic acids is 1. The van der Waals surface area contributed by atoms with Crippen LogP contribution in [0.3, 0.4) is 0 Å². The molecule has 0 aliphatic rings. The van der Waals surface area contributed by atoms with Crippen LogP contribution in [-0.4, -0.2) is 23.7 Å². The molecule has 0 atom stereocenters. The summed E-state index contributed by atoms with van der Waals surface area (Å²) >= 11 is 5.60. The number of rotatable bonds is 3. The number of carboxylic acid groups (broad SMARTS) is 1. The molecule has 0 aliphatic carbocycles. The Balaban J connectivity index is 2.62. The van der Waals surface area contributed by atoms with E-state index in [2.05, 4.69) is 5.32 Å². The van der Waals surface area contributed by atoms with Gasteiger partial charge in [0.25, 0.3) is 0 Å². The molecule has 2 amide bonds. The highest BCUT2D eigenvalue weighted by atomic mass is 35.5. The van der Waals surface area contributed by atoms with Gasteiger partial charge in [0.1, 0.15) is 12.4 Å². The van der Waals surface area contributed by atoms with Crippen LogP contribution >= 0.6 is 11.6 Å². The number of nitrogens with one attached hydrogen (secondary N) is 2. The first-order valence-electron chi connectivity index (χ1n) is 4.20. The van der Waals surface area contributed by atoms with E-state index in [1.165, 1.54) is 12.1 Å². The quantitative estimate of drug-likeness (QED) is 0.759. The van der Waals surface area contributed by atoms with E-state index in [0.29, 0.717) is 0 Å². The molecular weight excluding hydrogens is 239 g/mol. The summed E-state index contributed by atoms with van der Waals surface area (Å²) in [5, 5.41) is 12.7. The zero-order chi connectivity index (χ0) is 12.1. The van der Waals surface area contributed by atoms with Crippen molar-refractivity contribution in [3.63, 3.8) is 0 Å². The number of benzene rings is 1. The molecule has 3 N–H and O–H groups in total. The number of aliphatic carboxylic acids is 1. The fourth-order valence-corrected chi connectivity index (χ4v) is 1.09. The van der Waals surface area contributed by atoms with Crippen molar-refractivity contribution in [2.24, 2.45) is 0 Å². The van der Waals surface area contributed by atoms with Crippen LogP contribution in [0.1, 0.15) is 0 Å². The molecule has 5 nitrogen and oxygen atoms in total. The molecule has 86 valence electrons. The number of carbonyl (C=O) groups is 2. The summed E-state index contributed by atoms with van der Waals surface area (Å²) in [6.07, 6.45) is 0. The number of carbonyl (C=O) groups excluding carboxylic acids is 1. The fourth-order valence-electron chi connectivity index (χ4n) is 0.916. The van der Waals surface area contributed by atoms with Crippen LogP contribution in [0.25, 0.3) is 0 Å². The van der Waals surface area contributed by atoms with Crippen LogP contribution in [0, 0.1) is 5.82 Å². The van der Waals surface area contributed by atoms with Gasteiger partial charge in [-0.15, -0.1) is 0 Å². The largest absolute Gasteiger partial charge is 0.480 e. The molecule has 0 aliphatic heterocycles. The van der Waals surface area contributed by atoms with E-state index in [-0.39, 0.29) is 10.7 Å². The van der Waals surface area contributed by atoms with E-state index in [1.54, 1.807) is 0 Å². The lowest BCUT2D eigenvalue weighted by atomic mass is 10.3. The van der Waals surface area contributed by atoms with Crippen LogP contribution in [-0.2, 0) is 4.79 Å². The molecule has 1 aromatic rings. The Morgan fingerprint density at radius 3 is 2.75 bits per heavy atom. The summed E-state index contributed by atoms with van der Waals surface area (Å²) in [5.41, 5.74) is -0.115. The van der Waals surface area contributed by atoms with Gasteiger partial charge in [-0.1, -0.05) is 11.6 Å². The Hall–Kier alpha value is -1.82. The second kappa shape index (κ2) is 5.32. The topological polar surface area (TPSA) is 78.4 Å². The molecule has 0 unspecified atom stereocenters. The Bertz CT molecular complexity index is 425. The average molecular weight is 247 g/mol. The predicted molar refractivity (Wildman–Crippen MR) is 56.1 cm³/mol. The highest BCUT2D eigenvalue weighted by Gasteiger charge is 2.08. The van der Waals surface area contributed by atoms with Gasteiger partial charge in [-0.2, -0.15) is 0 Å². The van der Waals surface area contributed by atoms with Crippen LogP contribution in [0.15, 0.2) is 18.2 Å². The molecule has 16 heavy (non-hydrogen) atoms. The number of hydrogen-bond acceptors (Lipinski definition) is 2. The van der Waals surface area contributed by atoms with Crippen LogP contribution < -0.4 is 10.6 Å². The fraction of sp³-hybridized carbons (Fsp3) is 0.111. The zero-order valence-corrected chi connectivity index (χ0v) is 8.71. The Morgan fingerprint density at radius 2 is 2.12 bits per heavy atom. The first-order chi connectivity index (χ1) is 7.49. The van der Waals surface area contributed by atoms with Gasteiger partial charge in [0.05, 0.1) is 5.69 Å². The minimum atomic E-state index is -1.19. The van der Waals surface area contributed by atoms with E-state index in [4.69, 9.17) is 16.7 Å². The van der Waals surface area contributed by atoms with E-state index >= 15 is 0 Å². The minimum Gasteiger partial charge on any atom is -0.480 e. The molecule has 0 saturated heterocycles. The predicted octanol–water partition coefficient (Wildman–Crippen LogP) is 1.69. The standard InChI is InChI=1S/C9H8ClFN2O3/c10-5-1-2-6(11)7(3-5)13-9(16)12-4-8(14)15/h1-3H,4H2,(H,14,15)(H2,12,13,16).